The van der Waals surface area contributed by atoms with Crippen molar-refractivity contribution in [2.45, 2.75) is 19.3 Å². The fraction of sp³-hybridized carbons (Fsp3) is 0.429. The Labute approximate surface area is 99.8 Å². The Balaban J connectivity index is 1.92. The lowest BCUT2D eigenvalue weighted by Crippen LogP contribution is -2.28. The number of halogens is 1. The van der Waals surface area contributed by atoms with Gasteiger partial charge in [-0.3, -0.25) is 0 Å². The molecule has 1 aromatic heterocycles. The van der Waals surface area contributed by atoms with E-state index in [2.05, 4.69) is 5.32 Å². The summed E-state index contributed by atoms with van der Waals surface area (Å²) in [6.07, 6.45) is 4.67. The van der Waals surface area contributed by atoms with E-state index in [1.54, 1.807) is 18.4 Å². The van der Waals surface area contributed by atoms with Crippen LogP contribution in [0.3, 0.4) is 0 Å². The van der Waals surface area contributed by atoms with Gasteiger partial charge in [0.15, 0.2) is 0 Å². The molecule has 1 aliphatic rings. The van der Waals surface area contributed by atoms with Gasteiger partial charge in [0.25, 0.3) is 0 Å². The normalized spacial score (nSPS) is 17.7. The van der Waals surface area contributed by atoms with Crippen LogP contribution in [0.4, 0.5) is 4.39 Å². The van der Waals surface area contributed by atoms with Gasteiger partial charge in [-0.05, 0) is 56.5 Å². The third-order valence-electron chi connectivity index (χ3n) is 3.62. The zero-order valence-electron chi connectivity index (χ0n) is 9.71. The Morgan fingerprint density at radius 1 is 1.24 bits per heavy atom. The van der Waals surface area contributed by atoms with Gasteiger partial charge in [0.2, 0.25) is 0 Å². The molecule has 2 heterocycles. The number of rotatable bonds is 2. The molecule has 2 nitrogen and oxygen atoms in total. The van der Waals surface area contributed by atoms with Crippen molar-refractivity contribution in [2.24, 2.45) is 5.92 Å². The Kier molecular flexibility index (Phi) is 2.85. The van der Waals surface area contributed by atoms with Gasteiger partial charge < -0.3 is 9.73 Å². The van der Waals surface area contributed by atoms with Crippen molar-refractivity contribution < 1.29 is 8.81 Å². The molecular formula is C14H16FNO. The predicted molar refractivity (Wildman–Crippen MR) is 65.5 cm³/mol. The Morgan fingerprint density at radius 3 is 2.88 bits per heavy atom. The number of piperidine rings is 1. The topological polar surface area (TPSA) is 25.2 Å². The molecule has 0 aliphatic carbocycles. The quantitative estimate of drug-likeness (QED) is 0.862. The maximum absolute atomic E-state index is 13.9. The first-order chi connectivity index (χ1) is 8.34. The molecule has 3 rings (SSSR count). The van der Waals surface area contributed by atoms with Crippen LogP contribution in [0.15, 0.2) is 28.9 Å². The van der Waals surface area contributed by atoms with Crippen molar-refractivity contribution in [1.82, 2.24) is 5.32 Å². The SMILES string of the molecule is Fc1ccc2ccoc2c1CC1CCNCC1. The highest BCUT2D eigenvalue weighted by Crippen LogP contribution is 2.27. The highest BCUT2D eigenvalue weighted by molar-refractivity contribution is 5.80. The Morgan fingerprint density at radius 2 is 2.06 bits per heavy atom. The molecule has 1 aliphatic heterocycles. The van der Waals surface area contributed by atoms with Crippen LogP contribution in [0.25, 0.3) is 11.0 Å². The number of furan rings is 1. The molecule has 0 unspecified atom stereocenters. The zero-order valence-corrected chi connectivity index (χ0v) is 9.71. The third kappa shape index (κ3) is 2.07. The molecule has 1 N–H and O–H groups in total. The van der Waals surface area contributed by atoms with Gasteiger partial charge in [0.05, 0.1) is 6.26 Å². The summed E-state index contributed by atoms with van der Waals surface area (Å²) in [6.45, 7) is 2.08. The van der Waals surface area contributed by atoms with Crippen molar-refractivity contribution in [3.8, 4) is 0 Å². The number of nitrogens with one attached hydrogen (secondary N) is 1. The van der Waals surface area contributed by atoms with Gasteiger partial charge in [-0.2, -0.15) is 0 Å². The molecule has 1 aromatic carbocycles. The van der Waals surface area contributed by atoms with Crippen LogP contribution in [0, 0.1) is 11.7 Å². The second-order valence-electron chi connectivity index (χ2n) is 4.76. The molecule has 0 amide bonds. The standard InChI is InChI=1S/C14H16FNO/c15-13-2-1-11-5-8-17-14(11)12(13)9-10-3-6-16-7-4-10/h1-2,5,8,10,16H,3-4,6-7,9H2. The van der Waals surface area contributed by atoms with Crippen molar-refractivity contribution >= 4 is 11.0 Å². The lowest BCUT2D eigenvalue weighted by Gasteiger charge is -2.22. The van der Waals surface area contributed by atoms with Gasteiger partial charge in [-0.1, -0.05) is 0 Å². The fourth-order valence-electron chi connectivity index (χ4n) is 2.63. The van der Waals surface area contributed by atoms with Gasteiger partial charge in [-0.25, -0.2) is 4.39 Å². The van der Waals surface area contributed by atoms with Crippen LogP contribution in [-0.4, -0.2) is 13.1 Å². The average molecular weight is 233 g/mol. The van der Waals surface area contributed by atoms with Gasteiger partial charge >= 0.3 is 0 Å². The zero-order chi connectivity index (χ0) is 11.7. The lowest BCUT2D eigenvalue weighted by atomic mass is 9.90. The average Bonchev–Trinajstić information content (AvgIpc) is 2.83. The first-order valence-corrected chi connectivity index (χ1v) is 6.20. The van der Waals surface area contributed by atoms with Crippen LogP contribution in [0.5, 0.6) is 0 Å². The maximum atomic E-state index is 13.9. The fourth-order valence-corrected chi connectivity index (χ4v) is 2.63. The highest BCUT2D eigenvalue weighted by atomic mass is 19.1. The van der Waals surface area contributed by atoms with Crippen LogP contribution < -0.4 is 5.32 Å². The second kappa shape index (κ2) is 4.49. The molecule has 0 bridgehead atoms. The van der Waals surface area contributed by atoms with E-state index in [-0.39, 0.29) is 5.82 Å². The summed E-state index contributed by atoms with van der Waals surface area (Å²) in [5.74, 6) is 0.437. The molecule has 1 fully saturated rings. The molecular weight excluding hydrogens is 217 g/mol. The smallest absolute Gasteiger partial charge is 0.139 e. The van der Waals surface area contributed by atoms with E-state index in [9.17, 15) is 4.39 Å². The van der Waals surface area contributed by atoms with E-state index in [0.717, 1.165) is 48.9 Å². The number of benzene rings is 1. The number of hydrogen-bond donors (Lipinski definition) is 1. The predicted octanol–water partition coefficient (Wildman–Crippen LogP) is 3.11. The van der Waals surface area contributed by atoms with Crippen LogP contribution in [0.1, 0.15) is 18.4 Å². The van der Waals surface area contributed by atoms with Crippen molar-refractivity contribution in [3.63, 3.8) is 0 Å². The monoisotopic (exact) mass is 233 g/mol. The van der Waals surface area contributed by atoms with Crippen molar-refractivity contribution in [1.29, 1.82) is 0 Å². The van der Waals surface area contributed by atoms with E-state index in [4.69, 9.17) is 4.42 Å². The van der Waals surface area contributed by atoms with Gasteiger partial charge in [0.1, 0.15) is 11.4 Å². The summed E-state index contributed by atoms with van der Waals surface area (Å²) in [7, 11) is 0. The van der Waals surface area contributed by atoms with E-state index in [0.29, 0.717) is 5.92 Å². The van der Waals surface area contributed by atoms with E-state index < -0.39 is 0 Å². The Bertz CT molecular complexity index is 514. The third-order valence-corrected chi connectivity index (χ3v) is 3.62. The summed E-state index contributed by atoms with van der Waals surface area (Å²) in [5.41, 5.74) is 1.47. The summed E-state index contributed by atoms with van der Waals surface area (Å²) in [4.78, 5) is 0. The summed E-state index contributed by atoms with van der Waals surface area (Å²) in [6, 6.07) is 5.22. The molecule has 17 heavy (non-hydrogen) atoms. The molecule has 2 aromatic rings. The van der Waals surface area contributed by atoms with E-state index in [1.807, 2.05) is 6.07 Å². The maximum Gasteiger partial charge on any atom is 0.139 e. The van der Waals surface area contributed by atoms with Gasteiger partial charge in [-0.15, -0.1) is 0 Å². The first-order valence-electron chi connectivity index (χ1n) is 6.20. The molecule has 1 saturated heterocycles. The van der Waals surface area contributed by atoms with E-state index >= 15 is 0 Å². The molecule has 90 valence electrons. The second-order valence-corrected chi connectivity index (χ2v) is 4.76. The minimum absolute atomic E-state index is 0.133. The number of hydrogen-bond acceptors (Lipinski definition) is 2. The summed E-state index contributed by atoms with van der Waals surface area (Å²) in [5, 5.41) is 4.33. The van der Waals surface area contributed by atoms with Gasteiger partial charge in [0, 0.05) is 10.9 Å². The van der Waals surface area contributed by atoms with Crippen LogP contribution >= 0.6 is 0 Å². The number of fused-ring (bicyclic) bond motifs is 1. The molecule has 3 heteroatoms. The summed E-state index contributed by atoms with van der Waals surface area (Å²) >= 11 is 0. The molecule has 0 radical (unpaired) electrons. The van der Waals surface area contributed by atoms with Crippen LogP contribution in [0.2, 0.25) is 0 Å². The first kappa shape index (κ1) is 10.8. The molecule has 0 atom stereocenters. The Hall–Kier alpha value is -1.35. The van der Waals surface area contributed by atoms with Crippen molar-refractivity contribution in [3.05, 3.63) is 35.8 Å². The van der Waals surface area contributed by atoms with Crippen LogP contribution in [-0.2, 0) is 6.42 Å². The largest absolute Gasteiger partial charge is 0.464 e. The van der Waals surface area contributed by atoms with E-state index in [1.165, 1.54) is 0 Å². The van der Waals surface area contributed by atoms with Crippen molar-refractivity contribution in [2.75, 3.05) is 13.1 Å². The minimum Gasteiger partial charge on any atom is -0.464 e. The lowest BCUT2D eigenvalue weighted by molar-refractivity contribution is 0.368. The summed E-state index contributed by atoms with van der Waals surface area (Å²) < 4.78 is 19.3. The minimum atomic E-state index is -0.133. The molecule has 0 saturated carbocycles. The highest BCUT2D eigenvalue weighted by Gasteiger charge is 2.18. The molecule has 0 spiro atoms.